The van der Waals surface area contributed by atoms with Gasteiger partial charge in [-0.3, -0.25) is 0 Å². The molecule has 16 heavy (non-hydrogen) atoms. The second-order valence-corrected chi connectivity index (χ2v) is 4.18. The summed E-state index contributed by atoms with van der Waals surface area (Å²) in [7, 11) is 2.01. The number of nitrogens with one attached hydrogen (secondary N) is 1. The van der Waals surface area contributed by atoms with Gasteiger partial charge >= 0.3 is 0 Å². The molecule has 1 N–H and O–H groups in total. The smallest absolute Gasteiger partial charge is 0.127 e. The van der Waals surface area contributed by atoms with Crippen molar-refractivity contribution >= 4 is 5.69 Å². The monoisotopic (exact) mass is 215 g/mol. The number of hydrogen-bond acceptors (Lipinski definition) is 2. The Bertz CT molecular complexity index is 465. The van der Waals surface area contributed by atoms with E-state index >= 15 is 0 Å². The Hall–Kier alpha value is -1.77. The third-order valence-electron chi connectivity index (χ3n) is 2.59. The minimum absolute atomic E-state index is 0.756. The van der Waals surface area contributed by atoms with Crippen molar-refractivity contribution in [1.29, 1.82) is 0 Å². The van der Waals surface area contributed by atoms with Crippen molar-refractivity contribution < 1.29 is 0 Å². The van der Waals surface area contributed by atoms with E-state index in [1.807, 2.05) is 24.0 Å². The first-order chi connectivity index (χ1) is 7.65. The minimum atomic E-state index is 0.756. The quantitative estimate of drug-likeness (QED) is 0.853. The van der Waals surface area contributed by atoms with E-state index in [1.165, 1.54) is 11.1 Å². The molecule has 1 heterocycles. The zero-order valence-corrected chi connectivity index (χ0v) is 9.99. The Morgan fingerprint density at radius 1 is 1.19 bits per heavy atom. The summed E-state index contributed by atoms with van der Waals surface area (Å²) in [5, 5.41) is 3.39. The molecule has 0 aliphatic heterocycles. The molecule has 0 saturated heterocycles. The van der Waals surface area contributed by atoms with E-state index in [9.17, 15) is 0 Å². The Balaban J connectivity index is 2.07. The van der Waals surface area contributed by atoms with Gasteiger partial charge in [0.1, 0.15) is 5.82 Å². The Labute approximate surface area is 96.1 Å². The summed E-state index contributed by atoms with van der Waals surface area (Å²) in [6.07, 6.45) is 3.77. The molecule has 1 aromatic carbocycles. The summed E-state index contributed by atoms with van der Waals surface area (Å²) >= 11 is 0. The van der Waals surface area contributed by atoms with Crippen molar-refractivity contribution in [1.82, 2.24) is 9.55 Å². The molecular formula is C13H17N3. The van der Waals surface area contributed by atoms with Gasteiger partial charge in [-0.15, -0.1) is 0 Å². The largest absolute Gasteiger partial charge is 0.378 e. The molecule has 0 aliphatic carbocycles. The van der Waals surface area contributed by atoms with Crippen LogP contribution in [0.25, 0.3) is 0 Å². The highest BCUT2D eigenvalue weighted by Gasteiger charge is 1.99. The minimum Gasteiger partial charge on any atom is -0.378 e. The van der Waals surface area contributed by atoms with Gasteiger partial charge in [-0.05, 0) is 37.1 Å². The number of aryl methyl sites for hydroxylation is 3. The number of anilines is 1. The van der Waals surface area contributed by atoms with E-state index < -0.39 is 0 Å². The predicted octanol–water partition coefficient (Wildman–Crippen LogP) is 2.65. The Morgan fingerprint density at radius 3 is 2.44 bits per heavy atom. The number of nitrogens with zero attached hydrogens (tertiary/aromatic N) is 2. The summed E-state index contributed by atoms with van der Waals surface area (Å²) in [6.45, 7) is 4.98. The summed E-state index contributed by atoms with van der Waals surface area (Å²) in [4.78, 5) is 4.28. The van der Waals surface area contributed by atoms with Gasteiger partial charge in [-0.1, -0.05) is 6.07 Å². The molecule has 3 nitrogen and oxygen atoms in total. The molecule has 0 spiro atoms. The fourth-order valence-electron chi connectivity index (χ4n) is 1.82. The van der Waals surface area contributed by atoms with Crippen molar-refractivity contribution in [2.24, 2.45) is 7.05 Å². The van der Waals surface area contributed by atoms with Gasteiger partial charge in [-0.2, -0.15) is 0 Å². The van der Waals surface area contributed by atoms with Crippen LogP contribution >= 0.6 is 0 Å². The summed E-state index contributed by atoms with van der Waals surface area (Å²) in [5.41, 5.74) is 3.71. The number of rotatable bonds is 3. The van der Waals surface area contributed by atoms with E-state index in [-0.39, 0.29) is 0 Å². The molecule has 0 atom stereocenters. The van der Waals surface area contributed by atoms with E-state index in [4.69, 9.17) is 0 Å². The number of imidazole rings is 1. The maximum atomic E-state index is 4.28. The van der Waals surface area contributed by atoms with Crippen LogP contribution in [0.3, 0.4) is 0 Å². The molecule has 0 saturated carbocycles. The Kier molecular flexibility index (Phi) is 2.95. The maximum Gasteiger partial charge on any atom is 0.127 e. The van der Waals surface area contributed by atoms with Crippen LogP contribution in [0.2, 0.25) is 0 Å². The predicted molar refractivity (Wildman–Crippen MR) is 66.5 cm³/mol. The van der Waals surface area contributed by atoms with Crippen LogP contribution in [0.4, 0.5) is 5.69 Å². The van der Waals surface area contributed by atoms with Crippen molar-refractivity contribution in [3.63, 3.8) is 0 Å². The zero-order valence-electron chi connectivity index (χ0n) is 9.99. The third-order valence-corrected chi connectivity index (χ3v) is 2.59. The first kappa shape index (κ1) is 10.7. The summed E-state index contributed by atoms with van der Waals surface area (Å²) in [6, 6.07) is 6.47. The molecule has 0 radical (unpaired) electrons. The van der Waals surface area contributed by atoms with Gasteiger partial charge in [0.25, 0.3) is 0 Å². The topological polar surface area (TPSA) is 29.9 Å². The van der Waals surface area contributed by atoms with Gasteiger partial charge in [0.2, 0.25) is 0 Å². The average molecular weight is 215 g/mol. The molecule has 0 bridgehead atoms. The van der Waals surface area contributed by atoms with Crippen molar-refractivity contribution in [2.75, 3.05) is 5.32 Å². The lowest BCUT2D eigenvalue weighted by molar-refractivity contribution is 0.813. The van der Waals surface area contributed by atoms with Gasteiger partial charge in [0, 0.05) is 25.1 Å². The third kappa shape index (κ3) is 2.42. The van der Waals surface area contributed by atoms with Crippen molar-refractivity contribution in [3.8, 4) is 0 Å². The van der Waals surface area contributed by atoms with E-state index in [0.29, 0.717) is 0 Å². The lowest BCUT2D eigenvalue weighted by Crippen LogP contribution is -2.05. The summed E-state index contributed by atoms with van der Waals surface area (Å²) < 4.78 is 2.02. The fourth-order valence-corrected chi connectivity index (χ4v) is 1.82. The van der Waals surface area contributed by atoms with Gasteiger partial charge < -0.3 is 9.88 Å². The number of benzene rings is 1. The molecule has 2 aromatic rings. The van der Waals surface area contributed by atoms with Crippen LogP contribution in [0.5, 0.6) is 0 Å². The molecule has 0 aliphatic rings. The number of hydrogen-bond donors (Lipinski definition) is 1. The second-order valence-electron chi connectivity index (χ2n) is 4.18. The molecule has 3 heteroatoms. The normalized spacial score (nSPS) is 10.4. The van der Waals surface area contributed by atoms with Crippen molar-refractivity contribution in [3.05, 3.63) is 47.5 Å². The molecule has 0 unspecified atom stereocenters. The van der Waals surface area contributed by atoms with E-state index in [2.05, 4.69) is 42.3 Å². The molecule has 2 rings (SSSR count). The molecular weight excluding hydrogens is 198 g/mol. The molecule has 1 aromatic heterocycles. The van der Waals surface area contributed by atoms with Crippen LogP contribution in [0.1, 0.15) is 17.0 Å². The van der Waals surface area contributed by atoms with Crippen LogP contribution in [-0.2, 0) is 13.6 Å². The van der Waals surface area contributed by atoms with Gasteiger partial charge in [-0.25, -0.2) is 4.98 Å². The van der Waals surface area contributed by atoms with Gasteiger partial charge in [0.15, 0.2) is 0 Å². The highest BCUT2D eigenvalue weighted by Crippen LogP contribution is 2.14. The SMILES string of the molecule is Cc1cc(C)cc(NCc2nccn2C)c1. The lowest BCUT2D eigenvalue weighted by Gasteiger charge is -2.08. The highest BCUT2D eigenvalue weighted by molar-refractivity contribution is 5.48. The van der Waals surface area contributed by atoms with E-state index in [0.717, 1.165) is 18.1 Å². The van der Waals surface area contributed by atoms with Crippen LogP contribution < -0.4 is 5.32 Å². The van der Waals surface area contributed by atoms with Crippen LogP contribution in [0, 0.1) is 13.8 Å². The Morgan fingerprint density at radius 2 is 1.88 bits per heavy atom. The van der Waals surface area contributed by atoms with Crippen LogP contribution in [0.15, 0.2) is 30.6 Å². The van der Waals surface area contributed by atoms with Crippen LogP contribution in [-0.4, -0.2) is 9.55 Å². The number of aromatic nitrogens is 2. The maximum absolute atomic E-state index is 4.28. The molecule has 0 fully saturated rings. The molecule has 0 amide bonds. The average Bonchev–Trinajstić information content (AvgIpc) is 2.59. The summed E-state index contributed by atoms with van der Waals surface area (Å²) in [5.74, 6) is 1.04. The second kappa shape index (κ2) is 4.39. The van der Waals surface area contributed by atoms with E-state index in [1.54, 1.807) is 0 Å². The van der Waals surface area contributed by atoms with Crippen molar-refractivity contribution in [2.45, 2.75) is 20.4 Å². The fraction of sp³-hybridized carbons (Fsp3) is 0.308. The molecule has 84 valence electrons. The highest BCUT2D eigenvalue weighted by atomic mass is 15.1. The first-order valence-electron chi connectivity index (χ1n) is 5.43. The first-order valence-corrected chi connectivity index (χ1v) is 5.43. The van der Waals surface area contributed by atoms with Gasteiger partial charge in [0.05, 0.1) is 6.54 Å². The lowest BCUT2D eigenvalue weighted by atomic mass is 10.1. The standard InChI is InChI=1S/C13H17N3/c1-10-6-11(2)8-12(7-10)15-9-13-14-4-5-16(13)3/h4-8,15H,9H2,1-3H3. The zero-order chi connectivity index (χ0) is 11.5.